The highest BCUT2D eigenvalue weighted by Crippen LogP contribution is 2.40. The number of aryl methyl sites for hydroxylation is 1. The van der Waals surface area contributed by atoms with Gasteiger partial charge in [-0.15, -0.1) is 13.2 Å². The molecule has 1 aromatic rings. The van der Waals surface area contributed by atoms with Crippen LogP contribution >= 0.6 is 0 Å². The summed E-state index contributed by atoms with van der Waals surface area (Å²) in [5.41, 5.74) is 0.301. The zero-order chi connectivity index (χ0) is 23.3. The Morgan fingerprint density at radius 1 is 1.31 bits per heavy atom. The number of phenolic OH excluding ortho intramolecular Hbond substituents is 1. The maximum absolute atomic E-state index is 15.3. The number of alkyl halides is 3. The van der Waals surface area contributed by atoms with Crippen LogP contribution in [0, 0.1) is 11.7 Å². The molecule has 3 aliphatic rings. The largest absolute Gasteiger partial charge is 0.522 e. The van der Waals surface area contributed by atoms with Crippen LogP contribution in [0.1, 0.15) is 36.8 Å². The van der Waals surface area contributed by atoms with Crippen molar-refractivity contribution in [3.63, 3.8) is 0 Å². The number of nitrogens with zero attached hydrogens (tertiary/aromatic N) is 1. The number of carbonyl (C=O) groups excluding carboxylic acids is 1. The Morgan fingerprint density at radius 3 is 2.66 bits per heavy atom. The van der Waals surface area contributed by atoms with E-state index in [1.165, 1.54) is 6.07 Å². The van der Waals surface area contributed by atoms with E-state index < -0.39 is 52.4 Å². The fourth-order valence-corrected chi connectivity index (χ4v) is 5.75. The van der Waals surface area contributed by atoms with E-state index in [1.54, 1.807) is 4.72 Å². The van der Waals surface area contributed by atoms with Gasteiger partial charge in [-0.1, -0.05) is 0 Å². The van der Waals surface area contributed by atoms with E-state index in [4.69, 9.17) is 0 Å². The van der Waals surface area contributed by atoms with Crippen molar-refractivity contribution in [2.45, 2.75) is 57.0 Å². The summed E-state index contributed by atoms with van der Waals surface area (Å²) in [6.45, 7) is -0.0669. The van der Waals surface area contributed by atoms with Gasteiger partial charge in [0.25, 0.3) is 5.91 Å². The van der Waals surface area contributed by atoms with Crippen molar-refractivity contribution in [1.29, 1.82) is 0 Å². The van der Waals surface area contributed by atoms with Crippen molar-refractivity contribution in [1.82, 2.24) is 10.0 Å². The number of phenols is 1. The summed E-state index contributed by atoms with van der Waals surface area (Å²) in [6, 6.07) is 1.23. The summed E-state index contributed by atoms with van der Waals surface area (Å²) in [4.78, 5) is 11.5. The summed E-state index contributed by atoms with van der Waals surface area (Å²) in [6.07, 6.45) is -2.64. The molecular weight excluding hydrogens is 458 g/mol. The Hall–Kier alpha value is -2.12. The van der Waals surface area contributed by atoms with Crippen LogP contribution in [0.4, 0.5) is 23.2 Å². The topological polar surface area (TPSA) is 108 Å². The number of benzene rings is 1. The first-order valence-corrected chi connectivity index (χ1v) is 11.7. The summed E-state index contributed by atoms with van der Waals surface area (Å²) in [7, 11) is -4.27. The molecule has 2 aliphatic carbocycles. The molecule has 0 spiro atoms. The van der Waals surface area contributed by atoms with Crippen LogP contribution in [-0.2, 0) is 32.6 Å². The number of halogens is 4. The lowest BCUT2D eigenvalue weighted by Crippen LogP contribution is -2.40. The first kappa shape index (κ1) is 23.1. The van der Waals surface area contributed by atoms with Gasteiger partial charge in [0, 0.05) is 6.04 Å². The van der Waals surface area contributed by atoms with Gasteiger partial charge >= 0.3 is 16.6 Å². The summed E-state index contributed by atoms with van der Waals surface area (Å²) in [5, 5.41) is 13.5. The molecule has 0 radical (unpaired) electrons. The maximum Gasteiger partial charge on any atom is 0.522 e. The standard InChI is InChI=1S/C19H23F4N3O5S/c20-17-14-8-12(24-4-3-10-5-13(6-10)31-19(21,22)23)2-1-11(14)7-15(27)18(17)26-9-16(28)25-32(26,29)30/h7,10,12-13,24,27H,1-6,8-9H2,(H,25,28)/t10-,12?,13+. The molecule has 1 aromatic carbocycles. The van der Waals surface area contributed by atoms with Gasteiger partial charge in [-0.3, -0.25) is 9.53 Å². The third-order valence-electron chi connectivity index (χ3n) is 6.17. The maximum atomic E-state index is 15.3. The minimum atomic E-state index is -4.61. The van der Waals surface area contributed by atoms with Crippen molar-refractivity contribution in [3.05, 3.63) is 23.0 Å². The van der Waals surface area contributed by atoms with E-state index in [0.29, 0.717) is 48.5 Å². The minimum absolute atomic E-state index is 0.105. The third-order valence-corrected chi connectivity index (χ3v) is 7.55. The van der Waals surface area contributed by atoms with E-state index in [1.807, 2.05) is 0 Å². The average molecular weight is 481 g/mol. The molecule has 1 amide bonds. The number of aromatic hydroxyl groups is 1. The van der Waals surface area contributed by atoms with Gasteiger partial charge in [0.2, 0.25) is 0 Å². The van der Waals surface area contributed by atoms with E-state index in [9.17, 15) is 31.5 Å². The monoisotopic (exact) mass is 481 g/mol. The van der Waals surface area contributed by atoms with Crippen LogP contribution in [0.3, 0.4) is 0 Å². The Labute approximate surface area is 182 Å². The normalized spacial score (nSPS) is 27.1. The average Bonchev–Trinajstić information content (AvgIpc) is 2.91. The second-order valence-corrected chi connectivity index (χ2v) is 10.0. The van der Waals surface area contributed by atoms with Crippen molar-refractivity contribution < 1.29 is 40.6 Å². The molecule has 1 atom stereocenters. The molecule has 0 bridgehead atoms. The molecule has 8 nitrogen and oxygen atoms in total. The number of amides is 1. The zero-order valence-electron chi connectivity index (χ0n) is 16.9. The predicted octanol–water partition coefficient (Wildman–Crippen LogP) is 1.86. The van der Waals surface area contributed by atoms with Gasteiger partial charge in [0.1, 0.15) is 18.0 Å². The highest BCUT2D eigenvalue weighted by atomic mass is 32.2. The fraction of sp³-hybridized carbons (Fsp3) is 0.632. The van der Waals surface area contributed by atoms with E-state index in [0.717, 1.165) is 0 Å². The number of fused-ring (bicyclic) bond motifs is 1. The lowest BCUT2D eigenvalue weighted by molar-refractivity contribution is -0.354. The SMILES string of the molecule is O=C1CN(c2c(O)cc3c(c2F)CC(NCC[C@H]2C[C@@H](OC(F)(F)F)C2)CC3)S(=O)(=O)N1. The molecule has 1 aliphatic heterocycles. The fourth-order valence-electron chi connectivity index (χ4n) is 4.58. The second kappa shape index (κ2) is 8.34. The third kappa shape index (κ3) is 4.79. The number of nitrogens with one attached hydrogen (secondary N) is 2. The molecule has 13 heteroatoms. The number of hydrogen-bond donors (Lipinski definition) is 3. The van der Waals surface area contributed by atoms with Crippen molar-refractivity contribution >= 4 is 21.8 Å². The van der Waals surface area contributed by atoms with Gasteiger partial charge in [0.05, 0.1) is 6.10 Å². The Morgan fingerprint density at radius 2 is 2.03 bits per heavy atom. The molecule has 178 valence electrons. The lowest BCUT2D eigenvalue weighted by atomic mass is 9.80. The van der Waals surface area contributed by atoms with Crippen molar-refractivity contribution in [2.75, 3.05) is 17.4 Å². The summed E-state index contributed by atoms with van der Waals surface area (Å²) >= 11 is 0. The molecule has 32 heavy (non-hydrogen) atoms. The molecule has 3 N–H and O–H groups in total. The Bertz CT molecular complexity index is 1010. The zero-order valence-corrected chi connectivity index (χ0v) is 17.7. The van der Waals surface area contributed by atoms with Crippen molar-refractivity contribution in [3.8, 4) is 5.75 Å². The molecule has 1 unspecified atom stereocenters. The molecule has 1 saturated heterocycles. The minimum Gasteiger partial charge on any atom is -0.506 e. The second-order valence-electron chi connectivity index (χ2n) is 8.44. The van der Waals surface area contributed by atoms with Crippen LogP contribution in [-0.4, -0.2) is 51.0 Å². The number of ether oxygens (including phenoxy) is 1. The van der Waals surface area contributed by atoms with Crippen molar-refractivity contribution in [2.24, 2.45) is 5.92 Å². The smallest absolute Gasteiger partial charge is 0.506 e. The van der Waals surface area contributed by atoms with Gasteiger partial charge in [-0.25, -0.2) is 13.4 Å². The predicted molar refractivity (Wildman–Crippen MR) is 105 cm³/mol. The molecule has 1 heterocycles. The van der Waals surface area contributed by atoms with E-state index >= 15 is 4.39 Å². The molecule has 4 rings (SSSR count). The quantitative estimate of drug-likeness (QED) is 0.536. The van der Waals surface area contributed by atoms with Gasteiger partial charge in [0.15, 0.2) is 5.82 Å². The van der Waals surface area contributed by atoms with Crippen LogP contribution in [0.2, 0.25) is 0 Å². The summed E-state index contributed by atoms with van der Waals surface area (Å²) in [5.74, 6) is -2.11. The molecular formula is C19H23F4N3O5S. The number of anilines is 1. The first-order valence-electron chi connectivity index (χ1n) is 10.3. The van der Waals surface area contributed by atoms with Gasteiger partial charge in [-0.05, 0) is 68.2 Å². The van der Waals surface area contributed by atoms with Crippen LogP contribution in [0.15, 0.2) is 6.07 Å². The highest BCUT2D eigenvalue weighted by molar-refractivity contribution is 7.92. The molecule has 2 fully saturated rings. The Kier molecular flexibility index (Phi) is 6.01. The van der Waals surface area contributed by atoms with Crippen LogP contribution in [0.5, 0.6) is 5.75 Å². The number of carbonyl (C=O) groups is 1. The molecule has 1 saturated carbocycles. The van der Waals surface area contributed by atoms with E-state index in [-0.39, 0.29) is 23.9 Å². The van der Waals surface area contributed by atoms with Crippen LogP contribution < -0.4 is 14.3 Å². The van der Waals surface area contributed by atoms with Gasteiger partial charge < -0.3 is 10.4 Å². The number of rotatable bonds is 6. The first-order chi connectivity index (χ1) is 14.9. The number of hydrogen-bond acceptors (Lipinski definition) is 6. The highest BCUT2D eigenvalue weighted by Gasteiger charge is 2.40. The van der Waals surface area contributed by atoms with Gasteiger partial charge in [-0.2, -0.15) is 8.42 Å². The van der Waals surface area contributed by atoms with E-state index in [2.05, 4.69) is 10.1 Å². The summed E-state index contributed by atoms with van der Waals surface area (Å²) < 4.78 is 82.2. The Balaban J connectivity index is 1.36. The molecule has 0 aromatic heterocycles. The lowest BCUT2D eigenvalue weighted by Gasteiger charge is -2.36. The van der Waals surface area contributed by atoms with Crippen LogP contribution in [0.25, 0.3) is 0 Å².